The molecule has 2 amide bonds. The summed E-state index contributed by atoms with van der Waals surface area (Å²) in [6.07, 6.45) is 0.673. The molecule has 1 aliphatic carbocycles. The van der Waals surface area contributed by atoms with Gasteiger partial charge in [0.15, 0.2) is 0 Å². The van der Waals surface area contributed by atoms with Crippen molar-refractivity contribution in [1.29, 1.82) is 0 Å². The smallest absolute Gasteiger partial charge is 0.406 e. The molecule has 3 rings (SSSR count). The molecular formula is C26H38F3N3O4. The topological polar surface area (TPSA) is 79.9 Å². The number of hydrogen-bond acceptors (Lipinski definition) is 5. The van der Waals surface area contributed by atoms with Crippen molar-refractivity contribution in [1.82, 2.24) is 10.2 Å². The van der Waals surface area contributed by atoms with E-state index in [9.17, 15) is 22.8 Å². The second-order valence-corrected chi connectivity index (χ2v) is 10.0. The van der Waals surface area contributed by atoms with Crippen LogP contribution in [-0.2, 0) is 14.3 Å². The third-order valence-corrected chi connectivity index (χ3v) is 7.06. The molecule has 2 N–H and O–H groups in total. The van der Waals surface area contributed by atoms with Crippen LogP contribution in [0.5, 0.6) is 5.75 Å². The van der Waals surface area contributed by atoms with E-state index in [1.54, 1.807) is 4.90 Å². The van der Waals surface area contributed by atoms with Crippen LogP contribution >= 0.6 is 0 Å². The van der Waals surface area contributed by atoms with Gasteiger partial charge in [-0.2, -0.15) is 0 Å². The van der Waals surface area contributed by atoms with E-state index in [-0.39, 0.29) is 47.8 Å². The molecule has 1 saturated carbocycles. The zero-order chi connectivity index (χ0) is 26.1. The van der Waals surface area contributed by atoms with Gasteiger partial charge >= 0.3 is 6.36 Å². The Bertz CT molecular complexity index is 836. The minimum absolute atomic E-state index is 0.00408. The molecule has 10 heteroatoms. The number of carbonyl (C=O) groups is 2. The second kappa shape index (κ2) is 13.2. The Morgan fingerprint density at radius 3 is 2.31 bits per heavy atom. The van der Waals surface area contributed by atoms with Crippen LogP contribution in [0.2, 0.25) is 0 Å². The number of morpholine rings is 1. The van der Waals surface area contributed by atoms with Gasteiger partial charge < -0.3 is 25.0 Å². The molecule has 1 aromatic rings. The van der Waals surface area contributed by atoms with Crippen molar-refractivity contribution < 1.29 is 32.2 Å². The molecule has 36 heavy (non-hydrogen) atoms. The number of anilines is 1. The lowest BCUT2D eigenvalue weighted by atomic mass is 9.77. The molecule has 2 atom stereocenters. The van der Waals surface area contributed by atoms with Crippen LogP contribution in [0.25, 0.3) is 0 Å². The first-order chi connectivity index (χ1) is 17.1. The van der Waals surface area contributed by atoms with Gasteiger partial charge in [0.25, 0.3) is 0 Å². The number of ether oxygens (including phenoxy) is 2. The standard InChI is InChI=1S/C26H38F3N3O4/c1-18(2)23(17-30-20-8-10-21(11-9-20)36-26(27,28)29)31-25(34)22(19-6-4-3-5-7-19)16-24(33)32-12-14-35-15-13-32/h8-11,18-19,22-23,30H,3-7,12-17H2,1-2H3,(H,31,34). The van der Waals surface area contributed by atoms with Crippen molar-refractivity contribution >= 4 is 17.5 Å². The van der Waals surface area contributed by atoms with Crippen LogP contribution in [-0.4, -0.2) is 62.0 Å². The number of amides is 2. The van der Waals surface area contributed by atoms with Gasteiger partial charge in [-0.1, -0.05) is 33.1 Å². The Hall–Kier alpha value is -2.49. The van der Waals surface area contributed by atoms with Crippen molar-refractivity contribution in [3.63, 3.8) is 0 Å². The summed E-state index contributed by atoms with van der Waals surface area (Å²) in [6, 6.07) is 5.29. The number of carbonyl (C=O) groups excluding carboxylic acids is 2. The number of rotatable bonds is 10. The van der Waals surface area contributed by atoms with Gasteiger partial charge in [0.2, 0.25) is 11.8 Å². The van der Waals surface area contributed by atoms with Crippen LogP contribution in [0, 0.1) is 17.8 Å². The Morgan fingerprint density at radius 2 is 1.72 bits per heavy atom. The molecule has 2 fully saturated rings. The van der Waals surface area contributed by atoms with Crippen LogP contribution in [0.3, 0.4) is 0 Å². The summed E-state index contributed by atoms with van der Waals surface area (Å²) in [7, 11) is 0. The number of benzene rings is 1. The van der Waals surface area contributed by atoms with Gasteiger partial charge in [0, 0.05) is 43.7 Å². The third-order valence-electron chi connectivity index (χ3n) is 7.06. The maximum Gasteiger partial charge on any atom is 0.573 e. The molecule has 0 spiro atoms. The molecule has 1 aliphatic heterocycles. The van der Waals surface area contributed by atoms with Gasteiger partial charge in [0.1, 0.15) is 5.75 Å². The lowest BCUT2D eigenvalue weighted by Gasteiger charge is -2.34. The minimum atomic E-state index is -4.74. The van der Waals surface area contributed by atoms with Crippen molar-refractivity contribution in [3.05, 3.63) is 24.3 Å². The molecular weight excluding hydrogens is 475 g/mol. The van der Waals surface area contributed by atoms with E-state index in [4.69, 9.17) is 4.74 Å². The zero-order valence-electron chi connectivity index (χ0n) is 21.1. The SMILES string of the molecule is CC(C)C(CNc1ccc(OC(F)(F)F)cc1)NC(=O)C(CC(=O)N1CCOCC1)C1CCCCC1. The number of nitrogens with one attached hydrogen (secondary N) is 2. The second-order valence-electron chi connectivity index (χ2n) is 10.0. The maximum absolute atomic E-state index is 13.5. The first-order valence-corrected chi connectivity index (χ1v) is 12.9. The van der Waals surface area contributed by atoms with E-state index in [0.29, 0.717) is 38.5 Å². The summed E-state index contributed by atoms with van der Waals surface area (Å²) in [5, 5.41) is 6.36. The summed E-state index contributed by atoms with van der Waals surface area (Å²) in [5.41, 5.74) is 0.621. The van der Waals surface area contributed by atoms with Crippen molar-refractivity contribution in [2.75, 3.05) is 38.2 Å². The fraction of sp³-hybridized carbons (Fsp3) is 0.692. The van der Waals surface area contributed by atoms with E-state index < -0.39 is 6.36 Å². The summed E-state index contributed by atoms with van der Waals surface area (Å²) in [6.45, 7) is 6.57. The molecule has 1 aromatic carbocycles. The lowest BCUT2D eigenvalue weighted by Crippen LogP contribution is -2.49. The van der Waals surface area contributed by atoms with Crippen LogP contribution in [0.1, 0.15) is 52.4 Å². The Morgan fingerprint density at radius 1 is 1.08 bits per heavy atom. The summed E-state index contributed by atoms with van der Waals surface area (Å²) < 4.78 is 46.4. The highest BCUT2D eigenvalue weighted by atomic mass is 19.4. The number of halogens is 3. The maximum atomic E-state index is 13.5. The van der Waals surface area contributed by atoms with Crippen LogP contribution < -0.4 is 15.4 Å². The monoisotopic (exact) mass is 513 g/mol. The predicted molar refractivity (Wildman–Crippen MR) is 130 cm³/mol. The highest BCUT2D eigenvalue weighted by Crippen LogP contribution is 2.33. The van der Waals surface area contributed by atoms with Crippen LogP contribution in [0.4, 0.5) is 18.9 Å². The first kappa shape index (κ1) is 28.1. The molecule has 2 aliphatic rings. The quantitative estimate of drug-likeness (QED) is 0.479. The molecule has 0 bridgehead atoms. The number of alkyl halides is 3. The zero-order valence-corrected chi connectivity index (χ0v) is 21.1. The van der Waals surface area contributed by atoms with Crippen molar-refractivity contribution in [2.45, 2.75) is 64.8 Å². The largest absolute Gasteiger partial charge is 0.573 e. The molecule has 202 valence electrons. The predicted octanol–water partition coefficient (Wildman–Crippen LogP) is 4.58. The number of nitrogens with zero attached hydrogens (tertiary/aromatic N) is 1. The van der Waals surface area contributed by atoms with E-state index in [1.807, 2.05) is 13.8 Å². The molecule has 1 saturated heterocycles. The summed E-state index contributed by atoms with van der Waals surface area (Å²) in [5.74, 6) is -0.466. The first-order valence-electron chi connectivity index (χ1n) is 12.9. The summed E-state index contributed by atoms with van der Waals surface area (Å²) >= 11 is 0. The highest BCUT2D eigenvalue weighted by molar-refractivity contribution is 5.86. The van der Waals surface area contributed by atoms with E-state index in [2.05, 4.69) is 15.4 Å². The molecule has 2 unspecified atom stereocenters. The van der Waals surface area contributed by atoms with E-state index in [0.717, 1.165) is 32.1 Å². The molecule has 0 radical (unpaired) electrons. The minimum Gasteiger partial charge on any atom is -0.406 e. The average Bonchev–Trinajstić information content (AvgIpc) is 2.85. The fourth-order valence-electron chi connectivity index (χ4n) is 4.89. The van der Waals surface area contributed by atoms with Gasteiger partial charge in [-0.3, -0.25) is 9.59 Å². The molecule has 1 heterocycles. The lowest BCUT2D eigenvalue weighted by molar-refractivity contribution is -0.274. The highest BCUT2D eigenvalue weighted by Gasteiger charge is 2.34. The molecule has 0 aromatic heterocycles. The van der Waals surface area contributed by atoms with Gasteiger partial charge in [-0.05, 0) is 48.9 Å². The van der Waals surface area contributed by atoms with Gasteiger partial charge in [-0.15, -0.1) is 13.2 Å². The Labute approximate surface area is 211 Å². The third kappa shape index (κ3) is 8.87. The van der Waals surface area contributed by atoms with E-state index >= 15 is 0 Å². The van der Waals surface area contributed by atoms with Gasteiger partial charge in [0.05, 0.1) is 13.2 Å². The van der Waals surface area contributed by atoms with Gasteiger partial charge in [-0.25, -0.2) is 0 Å². The summed E-state index contributed by atoms with van der Waals surface area (Å²) in [4.78, 5) is 28.3. The fourth-order valence-corrected chi connectivity index (χ4v) is 4.89. The number of hydrogen-bond donors (Lipinski definition) is 2. The average molecular weight is 514 g/mol. The normalized spacial score (nSPS) is 19.0. The molecule has 7 nitrogen and oxygen atoms in total. The van der Waals surface area contributed by atoms with Crippen molar-refractivity contribution in [3.8, 4) is 5.75 Å². The van der Waals surface area contributed by atoms with Crippen molar-refractivity contribution in [2.24, 2.45) is 17.8 Å². The van der Waals surface area contributed by atoms with E-state index in [1.165, 1.54) is 24.3 Å². The van der Waals surface area contributed by atoms with Crippen LogP contribution in [0.15, 0.2) is 24.3 Å². The Kier molecular flexibility index (Phi) is 10.3. The Balaban J connectivity index is 1.61.